The SMILES string of the molecule is C=CC[N+](C)(C)CCCS(=O)(=O)O.C[N+](C)(C)CC(=O)O. The van der Waals surface area contributed by atoms with Crippen molar-refractivity contribution in [3.8, 4) is 0 Å². The molecule has 126 valence electrons. The molecule has 7 nitrogen and oxygen atoms in total. The molecular weight excluding hydrogens is 296 g/mol. The van der Waals surface area contributed by atoms with Crippen LogP contribution >= 0.6 is 0 Å². The Morgan fingerprint density at radius 1 is 1.19 bits per heavy atom. The van der Waals surface area contributed by atoms with E-state index in [1.807, 2.05) is 35.2 Å². The van der Waals surface area contributed by atoms with E-state index in [4.69, 9.17) is 9.66 Å². The lowest BCUT2D eigenvalue weighted by atomic mass is 10.3. The van der Waals surface area contributed by atoms with Crippen molar-refractivity contribution in [1.82, 2.24) is 0 Å². The molecule has 0 fully saturated rings. The molecule has 0 heterocycles. The van der Waals surface area contributed by atoms with E-state index < -0.39 is 16.1 Å². The van der Waals surface area contributed by atoms with Gasteiger partial charge in [0.15, 0.2) is 6.54 Å². The molecule has 0 unspecified atom stereocenters. The molecule has 0 aromatic rings. The predicted octanol–water partition coefficient (Wildman–Crippen LogP) is 0.304. The second-order valence-electron chi connectivity index (χ2n) is 6.61. The Bertz CT molecular complexity index is 424. The predicted molar refractivity (Wildman–Crippen MR) is 83.6 cm³/mol. The summed E-state index contributed by atoms with van der Waals surface area (Å²) < 4.78 is 30.5. The molecule has 0 amide bonds. The number of carboxylic acid groups (broad SMARTS) is 1. The first-order valence-electron chi connectivity index (χ1n) is 6.59. The third-order valence-electron chi connectivity index (χ3n) is 2.40. The van der Waals surface area contributed by atoms with Crippen LogP contribution in [0.4, 0.5) is 0 Å². The van der Waals surface area contributed by atoms with Crippen molar-refractivity contribution in [1.29, 1.82) is 0 Å². The Balaban J connectivity index is 0. The van der Waals surface area contributed by atoms with Crippen LogP contribution in [0.25, 0.3) is 0 Å². The minimum atomic E-state index is -3.80. The van der Waals surface area contributed by atoms with Crippen LogP contribution in [0.2, 0.25) is 0 Å². The van der Waals surface area contributed by atoms with Gasteiger partial charge in [-0.2, -0.15) is 8.42 Å². The largest absolute Gasteiger partial charge is 0.477 e. The highest BCUT2D eigenvalue weighted by molar-refractivity contribution is 7.85. The zero-order valence-electron chi connectivity index (χ0n) is 13.7. The fourth-order valence-electron chi connectivity index (χ4n) is 1.52. The molecule has 0 saturated heterocycles. The fraction of sp³-hybridized carbons (Fsp3) is 0.769. The van der Waals surface area contributed by atoms with Crippen LogP contribution in [0.15, 0.2) is 12.7 Å². The van der Waals surface area contributed by atoms with E-state index in [2.05, 4.69) is 6.58 Å². The first kappa shape index (κ1) is 22.3. The van der Waals surface area contributed by atoms with Gasteiger partial charge in [-0.25, -0.2) is 4.79 Å². The Kier molecular flexibility index (Phi) is 9.71. The minimum Gasteiger partial charge on any atom is -0.477 e. The zero-order valence-corrected chi connectivity index (χ0v) is 14.6. The van der Waals surface area contributed by atoms with Gasteiger partial charge < -0.3 is 14.1 Å². The summed E-state index contributed by atoms with van der Waals surface area (Å²) in [4.78, 5) is 10.00. The maximum Gasteiger partial charge on any atom is 0.359 e. The number of likely N-dealkylation sites (N-methyl/N-ethyl adjacent to an activating group) is 2. The van der Waals surface area contributed by atoms with Crippen LogP contribution < -0.4 is 0 Å². The molecule has 0 aliphatic rings. The van der Waals surface area contributed by atoms with Crippen molar-refractivity contribution >= 4 is 16.1 Å². The van der Waals surface area contributed by atoms with Gasteiger partial charge in [0.2, 0.25) is 0 Å². The molecule has 8 heteroatoms. The van der Waals surface area contributed by atoms with E-state index in [0.29, 0.717) is 21.9 Å². The van der Waals surface area contributed by atoms with Gasteiger partial charge >= 0.3 is 5.97 Å². The summed E-state index contributed by atoms with van der Waals surface area (Å²) in [7, 11) is 5.71. The molecule has 2 N–H and O–H groups in total. The van der Waals surface area contributed by atoms with E-state index in [1.165, 1.54) is 0 Å². The average molecular weight is 326 g/mol. The Hall–Kier alpha value is -0.960. The van der Waals surface area contributed by atoms with Gasteiger partial charge in [0.05, 0.1) is 54.1 Å². The molecule has 0 bridgehead atoms. The number of hydrogen-bond acceptors (Lipinski definition) is 3. The molecule has 0 atom stereocenters. The maximum absolute atomic E-state index is 10.4. The van der Waals surface area contributed by atoms with E-state index in [1.54, 1.807) is 6.08 Å². The number of nitrogens with zero attached hydrogens (tertiary/aromatic N) is 2. The second kappa shape index (κ2) is 9.14. The number of carbonyl (C=O) groups is 1. The minimum absolute atomic E-state index is 0.161. The Morgan fingerprint density at radius 3 is 1.90 bits per heavy atom. The molecule has 0 aromatic heterocycles. The van der Waals surface area contributed by atoms with Crippen molar-refractivity contribution < 1.29 is 31.8 Å². The summed E-state index contributed by atoms with van der Waals surface area (Å²) in [6, 6.07) is 0. The first-order valence-corrected chi connectivity index (χ1v) is 8.20. The lowest BCUT2D eigenvalue weighted by molar-refractivity contribution is -0.884. The van der Waals surface area contributed by atoms with Crippen molar-refractivity contribution in [2.75, 3.05) is 60.6 Å². The lowest BCUT2D eigenvalue weighted by Crippen LogP contribution is -2.41. The van der Waals surface area contributed by atoms with Crippen LogP contribution in [0.3, 0.4) is 0 Å². The van der Waals surface area contributed by atoms with E-state index in [-0.39, 0.29) is 12.3 Å². The molecule has 0 aromatic carbocycles. The van der Waals surface area contributed by atoms with Crippen molar-refractivity contribution in [2.45, 2.75) is 6.42 Å². The van der Waals surface area contributed by atoms with E-state index in [9.17, 15) is 13.2 Å². The summed E-state index contributed by atoms with van der Waals surface area (Å²) >= 11 is 0. The molecule has 0 aliphatic carbocycles. The number of hydrogen-bond donors (Lipinski definition) is 2. The van der Waals surface area contributed by atoms with E-state index >= 15 is 0 Å². The average Bonchev–Trinajstić information content (AvgIpc) is 2.10. The van der Waals surface area contributed by atoms with Crippen molar-refractivity contribution in [2.24, 2.45) is 0 Å². The van der Waals surface area contributed by atoms with Gasteiger partial charge in [0, 0.05) is 6.42 Å². The normalized spacial score (nSPS) is 12.3. The zero-order chi connectivity index (χ0) is 17.3. The topological polar surface area (TPSA) is 91.7 Å². The Labute approximate surface area is 128 Å². The second-order valence-corrected chi connectivity index (χ2v) is 8.18. The van der Waals surface area contributed by atoms with Crippen LogP contribution in [-0.4, -0.2) is 93.6 Å². The molecular formula is C13H30N2O5S+2. The summed E-state index contributed by atoms with van der Waals surface area (Å²) in [5.41, 5.74) is 0. The first-order chi connectivity index (χ1) is 9.18. The van der Waals surface area contributed by atoms with Crippen LogP contribution in [0.1, 0.15) is 6.42 Å². The van der Waals surface area contributed by atoms with Crippen molar-refractivity contribution in [3.05, 3.63) is 12.7 Å². The number of carboxylic acids is 1. The Morgan fingerprint density at radius 2 is 1.67 bits per heavy atom. The smallest absolute Gasteiger partial charge is 0.359 e. The van der Waals surface area contributed by atoms with Gasteiger partial charge in [-0.3, -0.25) is 4.55 Å². The van der Waals surface area contributed by atoms with Gasteiger partial charge in [-0.1, -0.05) is 6.58 Å². The molecule has 0 aliphatic heterocycles. The highest BCUT2D eigenvalue weighted by atomic mass is 32.2. The summed E-state index contributed by atoms with van der Waals surface area (Å²) in [5.74, 6) is -0.913. The van der Waals surface area contributed by atoms with Gasteiger partial charge in [0.1, 0.15) is 0 Å². The number of rotatable bonds is 8. The lowest BCUT2D eigenvalue weighted by Gasteiger charge is -2.28. The van der Waals surface area contributed by atoms with Gasteiger partial charge in [0.25, 0.3) is 10.1 Å². The third-order valence-corrected chi connectivity index (χ3v) is 3.20. The van der Waals surface area contributed by atoms with Crippen LogP contribution in [-0.2, 0) is 14.9 Å². The van der Waals surface area contributed by atoms with E-state index in [0.717, 1.165) is 6.54 Å². The highest BCUT2D eigenvalue weighted by Gasteiger charge is 2.14. The molecule has 0 radical (unpaired) electrons. The molecule has 0 rings (SSSR count). The number of aliphatic carboxylic acids is 1. The molecule has 0 saturated carbocycles. The quantitative estimate of drug-likeness (QED) is 0.380. The van der Waals surface area contributed by atoms with Crippen molar-refractivity contribution in [3.63, 3.8) is 0 Å². The van der Waals surface area contributed by atoms with Crippen LogP contribution in [0.5, 0.6) is 0 Å². The van der Waals surface area contributed by atoms with Gasteiger partial charge in [-0.05, 0) is 6.08 Å². The summed E-state index contributed by atoms with van der Waals surface area (Å²) in [6.45, 7) is 5.31. The number of quaternary nitrogens is 2. The fourth-order valence-corrected chi connectivity index (χ4v) is 2.02. The van der Waals surface area contributed by atoms with Gasteiger partial charge in [-0.15, -0.1) is 0 Å². The highest BCUT2D eigenvalue weighted by Crippen LogP contribution is 2.00. The summed E-state index contributed by atoms with van der Waals surface area (Å²) in [5, 5.41) is 8.23. The monoisotopic (exact) mass is 326 g/mol. The molecule has 0 spiro atoms. The van der Waals surface area contributed by atoms with Crippen LogP contribution in [0, 0.1) is 0 Å². The summed E-state index contributed by atoms with van der Waals surface area (Å²) in [6.07, 6.45) is 2.27. The third kappa shape index (κ3) is 21.5. The standard InChI is InChI=1S/C8H17NO3S.C5H11NO2/c1-4-6-9(2,3)7-5-8-13(10,11)12;1-6(2,3)4-5(7)8/h4H,1,5-8H2,2-3H3;4H2,1-3H3/p+2. The maximum atomic E-state index is 10.4. The molecule has 21 heavy (non-hydrogen) atoms.